The van der Waals surface area contributed by atoms with E-state index >= 15 is 0 Å². The molecule has 0 rings (SSSR count). The Morgan fingerprint density at radius 2 is 1.10 bits per heavy atom. The van der Waals surface area contributed by atoms with Crippen LogP contribution in [0.5, 0.6) is 0 Å². The molecule has 0 radical (unpaired) electrons. The molecule has 230 valence electrons. The van der Waals surface area contributed by atoms with E-state index in [2.05, 4.69) is 67.8 Å². The molecule has 40 heavy (non-hydrogen) atoms. The van der Waals surface area contributed by atoms with Crippen molar-refractivity contribution in [2.24, 2.45) is 0 Å². The molecule has 0 saturated carbocycles. The number of unbranched alkanes of at least 4 members (excludes halogenated alkanes) is 13. The fraction of sp³-hybridized carbons (Fsp3) is 0.694. The summed E-state index contributed by atoms with van der Waals surface area (Å²) < 4.78 is 0. The first-order chi connectivity index (χ1) is 19.7. The van der Waals surface area contributed by atoms with Crippen LogP contribution in [0.1, 0.15) is 142 Å². The lowest BCUT2D eigenvalue weighted by atomic mass is 10.1. The van der Waals surface area contributed by atoms with E-state index in [1.165, 1.54) is 51.4 Å². The molecule has 0 fully saturated rings. The maximum Gasteiger partial charge on any atom is 0.220 e. The van der Waals surface area contributed by atoms with Gasteiger partial charge >= 0.3 is 0 Å². The van der Waals surface area contributed by atoms with Crippen LogP contribution in [0.3, 0.4) is 0 Å². The summed E-state index contributed by atoms with van der Waals surface area (Å²) in [7, 11) is 0. The second kappa shape index (κ2) is 31.6. The molecular formula is C36H63NO3. The van der Waals surface area contributed by atoms with Crippen LogP contribution in [-0.2, 0) is 4.79 Å². The zero-order chi connectivity index (χ0) is 29.4. The molecule has 0 aromatic heterocycles. The van der Waals surface area contributed by atoms with Crippen molar-refractivity contribution < 1.29 is 15.0 Å². The summed E-state index contributed by atoms with van der Waals surface area (Å²) in [5, 5.41) is 22.8. The summed E-state index contributed by atoms with van der Waals surface area (Å²) in [6.07, 6.45) is 42.9. The second-order valence-corrected chi connectivity index (χ2v) is 10.8. The zero-order valence-corrected chi connectivity index (χ0v) is 26.1. The molecule has 4 heteroatoms. The van der Waals surface area contributed by atoms with Gasteiger partial charge in [0.1, 0.15) is 0 Å². The lowest BCUT2D eigenvalue weighted by molar-refractivity contribution is -0.123. The lowest BCUT2D eigenvalue weighted by Crippen LogP contribution is -2.45. The van der Waals surface area contributed by atoms with Crippen LogP contribution in [0.15, 0.2) is 60.8 Å². The third kappa shape index (κ3) is 27.6. The van der Waals surface area contributed by atoms with E-state index in [1.807, 2.05) is 6.08 Å². The Labute approximate surface area is 247 Å². The molecule has 0 aliphatic rings. The highest BCUT2D eigenvalue weighted by molar-refractivity contribution is 5.76. The quantitative estimate of drug-likeness (QED) is 0.0663. The van der Waals surface area contributed by atoms with Gasteiger partial charge in [0.2, 0.25) is 5.91 Å². The van der Waals surface area contributed by atoms with Gasteiger partial charge in [0, 0.05) is 6.42 Å². The van der Waals surface area contributed by atoms with Crippen LogP contribution in [0.2, 0.25) is 0 Å². The molecule has 2 unspecified atom stereocenters. The molecule has 4 nitrogen and oxygen atoms in total. The van der Waals surface area contributed by atoms with Gasteiger partial charge in [-0.15, -0.1) is 0 Å². The van der Waals surface area contributed by atoms with Gasteiger partial charge in [-0.1, -0.05) is 139 Å². The number of aliphatic hydroxyl groups excluding tert-OH is 2. The number of carbonyl (C=O) groups excluding carboxylic acids is 1. The van der Waals surface area contributed by atoms with Gasteiger partial charge in [0.05, 0.1) is 18.8 Å². The van der Waals surface area contributed by atoms with Crippen molar-refractivity contribution in [3.05, 3.63) is 60.8 Å². The Hall–Kier alpha value is -1.91. The van der Waals surface area contributed by atoms with E-state index in [1.54, 1.807) is 6.08 Å². The van der Waals surface area contributed by atoms with E-state index in [-0.39, 0.29) is 12.5 Å². The number of rotatable bonds is 28. The molecule has 0 aromatic carbocycles. The second-order valence-electron chi connectivity index (χ2n) is 10.8. The molecule has 3 N–H and O–H groups in total. The number of nitrogens with one attached hydrogen (secondary N) is 1. The molecule has 0 aromatic rings. The molecule has 1 amide bonds. The highest BCUT2D eigenvalue weighted by Crippen LogP contribution is 2.11. The highest BCUT2D eigenvalue weighted by Gasteiger charge is 2.17. The van der Waals surface area contributed by atoms with E-state index in [0.29, 0.717) is 6.42 Å². The topological polar surface area (TPSA) is 69.6 Å². The summed E-state index contributed by atoms with van der Waals surface area (Å²) in [4.78, 5) is 12.3. The monoisotopic (exact) mass is 557 g/mol. The molecule has 0 aliphatic carbocycles. The van der Waals surface area contributed by atoms with Gasteiger partial charge in [-0.25, -0.2) is 0 Å². The van der Waals surface area contributed by atoms with Gasteiger partial charge < -0.3 is 15.5 Å². The Morgan fingerprint density at radius 1 is 0.625 bits per heavy atom. The normalized spacial score (nSPS) is 14.0. The van der Waals surface area contributed by atoms with Gasteiger partial charge in [0.15, 0.2) is 0 Å². The number of hydrogen-bond acceptors (Lipinski definition) is 3. The van der Waals surface area contributed by atoms with Crippen LogP contribution in [-0.4, -0.2) is 34.9 Å². The Balaban J connectivity index is 3.75. The summed E-state index contributed by atoms with van der Waals surface area (Å²) in [6, 6.07) is -0.634. The minimum atomic E-state index is -0.849. The van der Waals surface area contributed by atoms with E-state index < -0.39 is 12.1 Å². The first kappa shape index (κ1) is 38.1. The maximum absolute atomic E-state index is 12.3. The number of aliphatic hydroxyl groups is 2. The molecule has 0 heterocycles. The molecule has 0 bridgehead atoms. The average Bonchev–Trinajstić information content (AvgIpc) is 2.96. The minimum absolute atomic E-state index is 0.0932. The van der Waals surface area contributed by atoms with E-state index in [9.17, 15) is 15.0 Å². The van der Waals surface area contributed by atoms with Crippen molar-refractivity contribution in [1.29, 1.82) is 0 Å². The number of amides is 1. The number of hydrogen-bond donors (Lipinski definition) is 3. The van der Waals surface area contributed by atoms with Gasteiger partial charge in [0.25, 0.3) is 0 Å². The predicted molar refractivity (Wildman–Crippen MR) is 174 cm³/mol. The Kier molecular flexibility index (Phi) is 30.1. The van der Waals surface area contributed by atoms with Crippen molar-refractivity contribution in [3.8, 4) is 0 Å². The minimum Gasteiger partial charge on any atom is -0.394 e. The summed E-state index contributed by atoms with van der Waals surface area (Å²) in [5.74, 6) is -0.0932. The zero-order valence-electron chi connectivity index (χ0n) is 26.1. The van der Waals surface area contributed by atoms with E-state index in [4.69, 9.17) is 0 Å². The molecular weight excluding hydrogens is 494 g/mol. The van der Waals surface area contributed by atoms with Crippen molar-refractivity contribution in [2.75, 3.05) is 6.61 Å². The number of carbonyl (C=O) groups is 1. The van der Waals surface area contributed by atoms with Crippen molar-refractivity contribution in [1.82, 2.24) is 5.32 Å². The first-order valence-corrected chi connectivity index (χ1v) is 16.5. The van der Waals surface area contributed by atoms with Gasteiger partial charge in [-0.05, 0) is 57.8 Å². The van der Waals surface area contributed by atoms with Crippen LogP contribution in [0.4, 0.5) is 0 Å². The van der Waals surface area contributed by atoms with Crippen molar-refractivity contribution >= 4 is 5.91 Å². The predicted octanol–water partition coefficient (Wildman–Crippen LogP) is 9.45. The van der Waals surface area contributed by atoms with Gasteiger partial charge in [-0.2, -0.15) is 0 Å². The van der Waals surface area contributed by atoms with Crippen LogP contribution in [0.25, 0.3) is 0 Å². The first-order valence-electron chi connectivity index (χ1n) is 16.5. The van der Waals surface area contributed by atoms with Gasteiger partial charge in [-0.3, -0.25) is 4.79 Å². The largest absolute Gasteiger partial charge is 0.394 e. The third-order valence-electron chi connectivity index (χ3n) is 7.01. The van der Waals surface area contributed by atoms with Crippen molar-refractivity contribution in [3.63, 3.8) is 0 Å². The smallest absolute Gasteiger partial charge is 0.220 e. The summed E-state index contributed by atoms with van der Waals surface area (Å²) >= 11 is 0. The molecule has 0 saturated heterocycles. The molecule has 0 aliphatic heterocycles. The lowest BCUT2D eigenvalue weighted by Gasteiger charge is -2.20. The summed E-state index contributed by atoms with van der Waals surface area (Å²) in [6.45, 7) is 4.14. The molecule has 2 atom stereocenters. The molecule has 0 spiro atoms. The Bertz CT molecular complexity index is 692. The standard InChI is InChI=1S/C36H63NO3/c1-3-5-7-9-11-13-15-16-17-18-19-20-22-24-26-28-30-32-36(40)37-34(33-38)35(39)31-29-27-25-23-21-14-12-10-8-6-4-2/h5,7,11,13,16-17,19-20,29,31,34-35,38-39H,3-4,6,8-10,12,14-15,18,21-28,30,32-33H2,1-2H3,(H,37,40)/b7-5-,13-11-,17-16-,20-19-,31-29+. The van der Waals surface area contributed by atoms with Crippen LogP contribution >= 0.6 is 0 Å². The number of allylic oxidation sites excluding steroid dienone is 9. The SMILES string of the molecule is CC/C=C\C/C=C\C/C=C\C/C=C\CCCCCCC(=O)NC(CO)C(O)/C=C/CCCCCCCCCCC. The van der Waals surface area contributed by atoms with Crippen LogP contribution in [0, 0.1) is 0 Å². The fourth-order valence-electron chi connectivity index (χ4n) is 4.46. The third-order valence-corrected chi connectivity index (χ3v) is 7.01. The fourth-order valence-corrected chi connectivity index (χ4v) is 4.46. The average molecular weight is 558 g/mol. The van der Waals surface area contributed by atoms with Crippen molar-refractivity contribution in [2.45, 2.75) is 154 Å². The maximum atomic E-state index is 12.3. The van der Waals surface area contributed by atoms with Crippen LogP contribution < -0.4 is 5.32 Å². The highest BCUT2D eigenvalue weighted by atomic mass is 16.3. The summed E-state index contributed by atoms with van der Waals surface area (Å²) in [5.41, 5.74) is 0. The Morgan fingerprint density at radius 3 is 1.65 bits per heavy atom. The van der Waals surface area contributed by atoms with E-state index in [0.717, 1.165) is 70.6 Å².